The summed E-state index contributed by atoms with van der Waals surface area (Å²) in [5.41, 5.74) is 9.38. The van der Waals surface area contributed by atoms with Crippen molar-refractivity contribution in [1.29, 1.82) is 6.86 Å². The summed E-state index contributed by atoms with van der Waals surface area (Å²) in [5.74, 6) is -1.20. The average molecular weight is 405 g/mol. The van der Waals surface area contributed by atoms with E-state index >= 15 is 0 Å². The van der Waals surface area contributed by atoms with E-state index in [4.69, 9.17) is 25.7 Å². The van der Waals surface area contributed by atoms with Gasteiger partial charge in [-0.2, -0.15) is 0 Å². The van der Waals surface area contributed by atoms with Crippen LogP contribution in [0.4, 0.5) is 10.4 Å². The summed E-state index contributed by atoms with van der Waals surface area (Å²) in [6.07, 6.45) is 2.02. The van der Waals surface area contributed by atoms with Crippen LogP contribution in [0.25, 0.3) is 0 Å². The molecule has 0 saturated heterocycles. The van der Waals surface area contributed by atoms with Crippen LogP contribution in [-0.2, 0) is 22.4 Å². The van der Waals surface area contributed by atoms with Crippen molar-refractivity contribution in [2.24, 2.45) is 5.73 Å². The number of nitrogens with one attached hydrogen (secondary N) is 2. The van der Waals surface area contributed by atoms with E-state index in [1.54, 1.807) is 30.3 Å². The molecule has 8 heteroatoms. The van der Waals surface area contributed by atoms with Crippen LogP contribution in [0.1, 0.15) is 40.9 Å². The zero-order valence-electron chi connectivity index (χ0n) is 16.1. The SMILES string of the molecule is C.N=C(N)c1ccc(NC(=O)c2ccc3c(c2)CCC(OCC(=O)O)C3)cc1.[3H]F. The van der Waals surface area contributed by atoms with Crippen molar-refractivity contribution in [2.75, 3.05) is 11.9 Å². The smallest absolute Gasteiger partial charge is 0.329 e. The molecule has 29 heavy (non-hydrogen) atoms. The average Bonchev–Trinajstić information content (AvgIpc) is 2.73. The number of carboxylic acid groups (broad SMARTS) is 1. The Balaban J connectivity index is 0.00000146. The van der Waals surface area contributed by atoms with E-state index in [0.717, 1.165) is 24.0 Å². The molecule has 3 rings (SSSR count). The Morgan fingerprint density at radius 2 is 1.86 bits per heavy atom. The second kappa shape index (κ2) is 10.3. The maximum atomic E-state index is 12.5. The van der Waals surface area contributed by atoms with Gasteiger partial charge in [0.15, 0.2) is 0 Å². The van der Waals surface area contributed by atoms with Gasteiger partial charge in [0.25, 0.3) is 7.36 Å². The molecule has 1 aliphatic rings. The first-order valence-electron chi connectivity index (χ1n) is 9.01. The maximum Gasteiger partial charge on any atom is 0.329 e. The van der Waals surface area contributed by atoms with Crippen LogP contribution in [0.15, 0.2) is 42.5 Å². The van der Waals surface area contributed by atoms with E-state index < -0.39 is 5.97 Å². The van der Waals surface area contributed by atoms with Gasteiger partial charge in [-0.3, -0.25) is 14.9 Å². The molecular formula is C21H26FN3O4. The third kappa shape index (κ3) is 6.11. The molecule has 156 valence electrons. The highest BCUT2D eigenvalue weighted by atomic mass is 19.0. The van der Waals surface area contributed by atoms with Gasteiger partial charge >= 0.3 is 5.97 Å². The van der Waals surface area contributed by atoms with Gasteiger partial charge in [0.2, 0.25) is 0 Å². The molecule has 1 amide bonds. The van der Waals surface area contributed by atoms with Gasteiger partial charge in [-0.25, -0.2) is 4.79 Å². The number of amides is 1. The number of anilines is 1. The molecule has 1 atom stereocenters. The largest absolute Gasteiger partial charge is 0.480 e. The molecule has 0 aliphatic heterocycles. The number of carboxylic acids is 1. The number of nitrogen functional groups attached to an aromatic ring is 1. The van der Waals surface area contributed by atoms with Crippen molar-refractivity contribution in [3.63, 3.8) is 0 Å². The number of benzene rings is 2. The summed E-state index contributed by atoms with van der Waals surface area (Å²) in [5, 5.41) is 18.9. The predicted octanol–water partition coefficient (Wildman–Crippen LogP) is 2.97. The highest BCUT2D eigenvalue weighted by molar-refractivity contribution is 6.04. The number of carbonyl (C=O) groups is 2. The summed E-state index contributed by atoms with van der Waals surface area (Å²) < 4.78 is 18.4. The maximum absolute atomic E-state index is 12.5. The fourth-order valence-electron chi connectivity index (χ4n) is 3.13. The molecule has 0 aromatic heterocycles. The second-order valence-electron chi connectivity index (χ2n) is 6.50. The van der Waals surface area contributed by atoms with E-state index in [0.29, 0.717) is 23.2 Å². The van der Waals surface area contributed by atoms with Crippen molar-refractivity contribution >= 4 is 23.4 Å². The van der Waals surface area contributed by atoms with Crippen LogP contribution in [-0.4, -0.2) is 37.0 Å². The van der Waals surface area contributed by atoms with Crippen molar-refractivity contribution in [3.05, 3.63) is 64.7 Å². The first-order valence-corrected chi connectivity index (χ1v) is 8.63. The van der Waals surface area contributed by atoms with Crippen molar-refractivity contribution in [1.82, 2.24) is 0 Å². The molecule has 0 heterocycles. The number of nitrogens with two attached hydrogens (primary N) is 1. The predicted molar refractivity (Wildman–Crippen MR) is 110 cm³/mol. The van der Waals surface area contributed by atoms with Crippen molar-refractivity contribution < 1.29 is 24.1 Å². The molecular weight excluding hydrogens is 377 g/mol. The minimum Gasteiger partial charge on any atom is -0.480 e. The lowest BCUT2D eigenvalue weighted by molar-refractivity contribution is -0.144. The van der Waals surface area contributed by atoms with Crippen LogP contribution in [0.3, 0.4) is 0 Å². The Kier molecular flexibility index (Phi) is 7.85. The quantitative estimate of drug-likeness (QED) is 0.434. The standard InChI is InChI=1S/C20H21N3O4.CH4.FH/c21-19(22)12-3-6-16(7-4-12)23-20(26)15-2-1-14-10-17(27-11-18(24)25)8-5-13(14)9-15;;/h1-4,6-7,9,17H,5,8,10-11H2,(H3,21,22)(H,23,26)(H,24,25);1H4;1H/i/hT. The Hall–Kier alpha value is -3.26. The van der Waals surface area contributed by atoms with E-state index in [-0.39, 0.29) is 31.9 Å². The van der Waals surface area contributed by atoms with Crippen molar-refractivity contribution in [3.8, 4) is 0 Å². The Bertz CT molecular complexity index is 890. The molecule has 1 unspecified atom stereocenters. The molecule has 1 aliphatic carbocycles. The van der Waals surface area contributed by atoms with E-state index in [1.807, 2.05) is 12.1 Å². The van der Waals surface area contributed by atoms with E-state index in [1.165, 1.54) is 0 Å². The van der Waals surface area contributed by atoms with Gasteiger partial charge in [-0.15, -0.1) is 0 Å². The minimum absolute atomic E-state index is 0. The van der Waals surface area contributed by atoms with Gasteiger partial charge in [0, 0.05) is 16.8 Å². The lowest BCUT2D eigenvalue weighted by atomic mass is 9.88. The summed E-state index contributed by atoms with van der Waals surface area (Å²) >= 11 is 0. The first kappa shape index (κ1) is 22.0. The number of aliphatic carboxylic acids is 1. The number of hydrogen-bond donors (Lipinski definition) is 4. The van der Waals surface area contributed by atoms with Crippen LogP contribution in [0.2, 0.25) is 0 Å². The Labute approximate surface area is 170 Å². The number of fused-ring (bicyclic) bond motifs is 1. The van der Waals surface area contributed by atoms with Gasteiger partial charge in [-0.1, -0.05) is 13.5 Å². The van der Waals surface area contributed by atoms with Crippen molar-refractivity contribution in [2.45, 2.75) is 32.8 Å². The third-order valence-corrected chi connectivity index (χ3v) is 4.55. The Morgan fingerprint density at radius 1 is 1.21 bits per heavy atom. The summed E-state index contributed by atoms with van der Waals surface area (Å²) in [4.78, 5) is 23.1. The number of carbonyl (C=O) groups excluding carboxylic acids is 1. The lowest BCUT2D eigenvalue weighted by Gasteiger charge is -2.24. The van der Waals surface area contributed by atoms with Crippen LogP contribution >= 0.6 is 0 Å². The zero-order chi connectivity index (χ0) is 21.4. The van der Waals surface area contributed by atoms with Gasteiger partial charge in [0.1, 0.15) is 12.4 Å². The summed E-state index contributed by atoms with van der Waals surface area (Å²) in [7, 11) is 0. The number of ether oxygens (including phenoxy) is 1. The normalized spacial score (nSPS) is 14.8. The second-order valence-corrected chi connectivity index (χ2v) is 6.50. The lowest BCUT2D eigenvalue weighted by Crippen LogP contribution is -2.25. The summed E-state index contributed by atoms with van der Waals surface area (Å²) in [6.45, 7) is -0.289. The van der Waals surface area contributed by atoms with Gasteiger partial charge in [0.05, 0.1) is 6.10 Å². The number of aryl methyl sites for hydroxylation is 1. The zero-order valence-corrected chi connectivity index (χ0v) is 15.1. The number of hydrogen-bond acceptors (Lipinski definition) is 4. The molecule has 2 aromatic carbocycles. The fourth-order valence-corrected chi connectivity index (χ4v) is 3.13. The molecule has 0 spiro atoms. The number of rotatable bonds is 6. The van der Waals surface area contributed by atoms with Crippen LogP contribution in [0, 0.1) is 5.41 Å². The molecule has 7 nitrogen and oxygen atoms in total. The van der Waals surface area contributed by atoms with E-state index in [2.05, 4.69) is 6.77 Å². The fraction of sp³-hybridized carbons (Fsp3) is 0.286. The highest BCUT2D eigenvalue weighted by Gasteiger charge is 2.21. The molecule has 0 radical (unpaired) electrons. The molecule has 2 aromatic rings. The Morgan fingerprint density at radius 3 is 2.48 bits per heavy atom. The summed E-state index contributed by atoms with van der Waals surface area (Å²) in [6, 6.07) is 12.3. The molecule has 0 bridgehead atoms. The monoisotopic (exact) mass is 405 g/mol. The molecule has 0 saturated carbocycles. The van der Waals surface area contributed by atoms with E-state index in [9.17, 15) is 9.59 Å². The molecule has 0 fully saturated rings. The topological polar surface area (TPSA) is 126 Å². The minimum atomic E-state index is -0.968. The number of halogens is 1. The van der Waals surface area contributed by atoms with Crippen LogP contribution < -0.4 is 11.1 Å². The molecule has 5 N–H and O–H groups in total. The van der Waals surface area contributed by atoms with Gasteiger partial charge < -0.3 is 20.9 Å². The highest BCUT2D eigenvalue weighted by Crippen LogP contribution is 2.25. The number of amidine groups is 1. The van der Waals surface area contributed by atoms with Crippen LogP contribution in [0.5, 0.6) is 0 Å². The first-order chi connectivity index (χ1) is 13.9. The third-order valence-electron chi connectivity index (χ3n) is 4.55. The van der Waals surface area contributed by atoms with Gasteiger partial charge in [-0.05, 0) is 66.8 Å².